The average molecular weight is 470 g/mol. The molecule has 0 fully saturated rings. The zero-order valence-corrected chi connectivity index (χ0v) is 20.0. The molecular formula is C28H27N3O4. The highest BCUT2D eigenvalue weighted by atomic mass is 16.5. The van der Waals surface area contributed by atoms with Gasteiger partial charge in [-0.2, -0.15) is 10.4 Å². The third-order valence-electron chi connectivity index (χ3n) is 6.20. The molecule has 7 nitrogen and oxygen atoms in total. The number of rotatable bonds is 8. The number of nitriles is 1. The van der Waals surface area contributed by atoms with Crippen molar-refractivity contribution in [2.45, 2.75) is 32.2 Å². The Hall–Kier alpha value is -4.31. The van der Waals surface area contributed by atoms with Crippen molar-refractivity contribution in [1.82, 2.24) is 0 Å². The molecule has 4 rings (SSSR count). The van der Waals surface area contributed by atoms with E-state index >= 15 is 0 Å². The Labute approximate surface area is 204 Å². The van der Waals surface area contributed by atoms with Crippen LogP contribution in [0.25, 0.3) is 11.1 Å². The van der Waals surface area contributed by atoms with E-state index in [1.54, 1.807) is 19.2 Å². The molecule has 1 heterocycles. The van der Waals surface area contributed by atoms with Crippen LogP contribution in [-0.4, -0.2) is 37.0 Å². The largest absolute Gasteiger partial charge is 0.497 e. The van der Waals surface area contributed by atoms with Crippen LogP contribution in [0, 0.1) is 18.3 Å². The first kappa shape index (κ1) is 23.8. The van der Waals surface area contributed by atoms with Gasteiger partial charge in [-0.25, -0.2) is 0 Å². The maximum Gasteiger partial charge on any atom is 0.305 e. The number of nitrogens with zero attached hydrogens (tertiary/aromatic N) is 3. The van der Waals surface area contributed by atoms with Crippen LogP contribution in [-0.2, 0) is 11.2 Å². The Kier molecular flexibility index (Phi) is 7.02. The maximum absolute atomic E-state index is 11.2. The van der Waals surface area contributed by atoms with Crippen LogP contribution in [0.2, 0.25) is 0 Å². The molecule has 3 aromatic rings. The number of hydrogen-bond donors (Lipinski definition) is 1. The fourth-order valence-corrected chi connectivity index (χ4v) is 4.35. The van der Waals surface area contributed by atoms with Gasteiger partial charge in [0, 0.05) is 12.0 Å². The van der Waals surface area contributed by atoms with Gasteiger partial charge in [0.2, 0.25) is 0 Å². The topological polar surface area (TPSA) is 95.2 Å². The van der Waals surface area contributed by atoms with Crippen molar-refractivity contribution in [1.29, 1.82) is 5.26 Å². The summed E-state index contributed by atoms with van der Waals surface area (Å²) in [5, 5.41) is 24.4. The first-order valence-corrected chi connectivity index (χ1v) is 11.3. The van der Waals surface area contributed by atoms with Crippen molar-refractivity contribution in [3.05, 3.63) is 77.4 Å². The number of aliphatic carboxylic acids is 1. The molecule has 178 valence electrons. The van der Waals surface area contributed by atoms with Gasteiger partial charge in [0.1, 0.15) is 23.3 Å². The minimum atomic E-state index is -0.906. The van der Waals surface area contributed by atoms with Gasteiger partial charge in [0.25, 0.3) is 0 Å². The summed E-state index contributed by atoms with van der Waals surface area (Å²) in [4.78, 5) is 11.2. The van der Waals surface area contributed by atoms with E-state index < -0.39 is 5.97 Å². The number of ether oxygens (including phenoxy) is 2. The molecule has 7 heteroatoms. The Morgan fingerprint density at radius 3 is 2.51 bits per heavy atom. The molecule has 0 bridgehead atoms. The lowest BCUT2D eigenvalue weighted by Gasteiger charge is -2.22. The van der Waals surface area contributed by atoms with Crippen molar-refractivity contribution in [3.63, 3.8) is 0 Å². The lowest BCUT2D eigenvalue weighted by Crippen LogP contribution is -2.28. The molecule has 35 heavy (non-hydrogen) atoms. The van der Waals surface area contributed by atoms with Gasteiger partial charge in [-0.3, -0.25) is 9.80 Å². The van der Waals surface area contributed by atoms with Crippen LogP contribution >= 0.6 is 0 Å². The Bertz CT molecular complexity index is 1310. The molecule has 0 amide bonds. The van der Waals surface area contributed by atoms with Crippen LogP contribution in [0.15, 0.2) is 65.8 Å². The summed E-state index contributed by atoms with van der Waals surface area (Å²) in [7, 11) is 3.31. The van der Waals surface area contributed by atoms with Gasteiger partial charge < -0.3 is 14.6 Å². The highest BCUT2D eigenvalue weighted by molar-refractivity contribution is 6.01. The standard InChI is InChI=1S/C28H27N3O4/c1-18-12-21(26-16-25(34-2)10-11-27(26)35-3)7-6-20(18)13-19-4-8-23(9-5-19)31-24(15-28(32)33)14-22(17-29)30-31/h4-12,16,24H,13-15H2,1-3H3,(H,32,33). The third-order valence-corrected chi connectivity index (χ3v) is 6.20. The minimum absolute atomic E-state index is 0.0694. The van der Waals surface area contributed by atoms with Gasteiger partial charge in [-0.15, -0.1) is 0 Å². The highest BCUT2D eigenvalue weighted by Crippen LogP contribution is 2.35. The molecule has 1 aliphatic rings. The molecule has 0 aliphatic carbocycles. The first-order chi connectivity index (χ1) is 16.9. The van der Waals surface area contributed by atoms with E-state index in [2.05, 4.69) is 30.2 Å². The molecule has 0 saturated heterocycles. The fourth-order valence-electron chi connectivity index (χ4n) is 4.35. The number of carboxylic acids is 1. The zero-order chi connectivity index (χ0) is 24.9. The van der Waals surface area contributed by atoms with Gasteiger partial charge in [0.05, 0.1) is 32.4 Å². The lowest BCUT2D eigenvalue weighted by atomic mass is 9.95. The number of carbonyl (C=O) groups is 1. The van der Waals surface area contributed by atoms with Gasteiger partial charge in [0.15, 0.2) is 0 Å². The first-order valence-electron chi connectivity index (χ1n) is 11.3. The predicted molar refractivity (Wildman–Crippen MR) is 135 cm³/mol. The normalized spacial score (nSPS) is 14.9. The van der Waals surface area contributed by atoms with Gasteiger partial charge >= 0.3 is 5.97 Å². The molecule has 1 atom stereocenters. The molecule has 0 spiro atoms. The van der Waals surface area contributed by atoms with Crippen molar-refractivity contribution in [2.75, 3.05) is 19.2 Å². The number of anilines is 1. The van der Waals surface area contributed by atoms with E-state index in [-0.39, 0.29) is 12.5 Å². The second-order valence-corrected chi connectivity index (χ2v) is 8.51. The van der Waals surface area contributed by atoms with Crippen molar-refractivity contribution >= 4 is 17.4 Å². The van der Waals surface area contributed by atoms with Crippen LogP contribution < -0.4 is 14.5 Å². The Morgan fingerprint density at radius 2 is 1.89 bits per heavy atom. The quantitative estimate of drug-likeness (QED) is 0.487. The SMILES string of the molecule is COc1ccc(OC)c(-c2ccc(Cc3ccc(N4N=C(C#N)CC4CC(=O)O)cc3)c(C)c2)c1. The maximum atomic E-state index is 11.2. The van der Waals surface area contributed by atoms with Crippen molar-refractivity contribution in [2.24, 2.45) is 5.10 Å². The molecule has 1 unspecified atom stereocenters. The fraction of sp³-hybridized carbons (Fsp3) is 0.250. The van der Waals surface area contributed by atoms with E-state index in [1.165, 1.54) is 11.1 Å². The molecule has 0 aromatic heterocycles. The number of hydrogen-bond acceptors (Lipinski definition) is 6. The molecule has 0 saturated carbocycles. The third kappa shape index (κ3) is 5.28. The summed E-state index contributed by atoms with van der Waals surface area (Å²) in [6, 6.07) is 21.7. The van der Waals surface area contributed by atoms with E-state index in [0.717, 1.165) is 40.3 Å². The molecule has 0 radical (unpaired) electrons. The van der Waals surface area contributed by atoms with Crippen LogP contribution in [0.1, 0.15) is 29.5 Å². The zero-order valence-electron chi connectivity index (χ0n) is 20.0. The van der Waals surface area contributed by atoms with Crippen LogP contribution in [0.5, 0.6) is 11.5 Å². The highest BCUT2D eigenvalue weighted by Gasteiger charge is 2.29. The van der Waals surface area contributed by atoms with E-state index in [9.17, 15) is 15.2 Å². The van der Waals surface area contributed by atoms with E-state index in [4.69, 9.17) is 9.47 Å². The second kappa shape index (κ2) is 10.3. The van der Waals surface area contributed by atoms with Gasteiger partial charge in [-0.05, 0) is 65.9 Å². The van der Waals surface area contributed by atoms with Gasteiger partial charge in [-0.1, -0.05) is 30.3 Å². The summed E-state index contributed by atoms with van der Waals surface area (Å²) in [6.45, 7) is 2.10. The van der Waals surface area contributed by atoms with Crippen molar-refractivity contribution in [3.8, 4) is 28.7 Å². The lowest BCUT2D eigenvalue weighted by molar-refractivity contribution is -0.137. The number of hydrazone groups is 1. The van der Waals surface area contributed by atoms with Crippen molar-refractivity contribution < 1.29 is 19.4 Å². The molecular weight excluding hydrogens is 442 g/mol. The Balaban J connectivity index is 1.53. The summed E-state index contributed by atoms with van der Waals surface area (Å²) in [5.41, 5.74) is 6.67. The number of aryl methyl sites for hydroxylation is 1. The molecule has 3 aromatic carbocycles. The number of methoxy groups -OCH3 is 2. The minimum Gasteiger partial charge on any atom is -0.497 e. The Morgan fingerprint density at radius 1 is 1.11 bits per heavy atom. The summed E-state index contributed by atoms with van der Waals surface area (Å²) in [6.07, 6.45) is 1.03. The van der Waals surface area contributed by atoms with E-state index in [0.29, 0.717) is 12.1 Å². The van der Waals surface area contributed by atoms with E-state index in [1.807, 2.05) is 48.5 Å². The summed E-state index contributed by atoms with van der Waals surface area (Å²) >= 11 is 0. The molecule has 1 N–H and O–H groups in total. The summed E-state index contributed by atoms with van der Waals surface area (Å²) in [5.74, 6) is 0.660. The summed E-state index contributed by atoms with van der Waals surface area (Å²) < 4.78 is 10.9. The average Bonchev–Trinajstić information content (AvgIpc) is 3.27. The molecule has 1 aliphatic heterocycles. The van der Waals surface area contributed by atoms with Crippen LogP contribution in [0.4, 0.5) is 5.69 Å². The number of benzene rings is 3. The monoisotopic (exact) mass is 469 g/mol. The van der Waals surface area contributed by atoms with Crippen LogP contribution in [0.3, 0.4) is 0 Å². The smallest absolute Gasteiger partial charge is 0.305 e. The second-order valence-electron chi connectivity index (χ2n) is 8.51. The number of carboxylic acid groups (broad SMARTS) is 1. The predicted octanol–water partition coefficient (Wildman–Crippen LogP) is 5.20.